The first-order chi connectivity index (χ1) is 10.5. The Labute approximate surface area is 137 Å². The molecule has 0 fully saturated rings. The number of nitrogens with one attached hydrogen (secondary N) is 1. The molecule has 112 valence electrons. The first-order valence-corrected chi connectivity index (χ1v) is 7.60. The van der Waals surface area contributed by atoms with E-state index >= 15 is 0 Å². The molecule has 1 aromatic carbocycles. The number of benzene rings is 1. The van der Waals surface area contributed by atoms with E-state index in [0.717, 1.165) is 6.07 Å². The van der Waals surface area contributed by atoms with Crippen LogP contribution in [-0.4, -0.2) is 16.1 Å². The summed E-state index contributed by atoms with van der Waals surface area (Å²) in [6, 6.07) is 5.85. The number of pyridine rings is 1. The van der Waals surface area contributed by atoms with E-state index in [1.165, 1.54) is 24.0 Å². The number of amides is 1. The van der Waals surface area contributed by atoms with Crippen LogP contribution in [-0.2, 0) is 0 Å². The van der Waals surface area contributed by atoms with Gasteiger partial charge in [0.2, 0.25) is 0 Å². The van der Waals surface area contributed by atoms with Crippen molar-refractivity contribution in [2.45, 2.75) is 17.1 Å². The molecule has 0 radical (unpaired) electrons. The van der Waals surface area contributed by atoms with Crippen LogP contribution in [0.1, 0.15) is 17.3 Å². The summed E-state index contributed by atoms with van der Waals surface area (Å²) in [5.74, 6) is 1.50. The molecular formula is C16H12ClFN2OS. The molecular weight excluding hydrogens is 323 g/mol. The Morgan fingerprint density at radius 3 is 2.95 bits per heavy atom. The molecule has 0 saturated carbocycles. The normalized spacial score (nSPS) is 11.5. The van der Waals surface area contributed by atoms with Crippen molar-refractivity contribution in [2.75, 3.05) is 5.32 Å². The van der Waals surface area contributed by atoms with Crippen LogP contribution in [0.3, 0.4) is 0 Å². The molecule has 22 heavy (non-hydrogen) atoms. The number of hydrogen-bond acceptors (Lipinski definition) is 3. The zero-order valence-electron chi connectivity index (χ0n) is 11.6. The minimum absolute atomic E-state index is 0.0463. The highest BCUT2D eigenvalue weighted by molar-refractivity contribution is 8.00. The molecule has 0 bridgehead atoms. The Morgan fingerprint density at radius 1 is 1.55 bits per heavy atom. The van der Waals surface area contributed by atoms with Crippen LogP contribution in [0.25, 0.3) is 0 Å². The minimum atomic E-state index is -0.611. The van der Waals surface area contributed by atoms with Gasteiger partial charge in [-0.25, -0.2) is 4.39 Å². The van der Waals surface area contributed by atoms with Crippen molar-refractivity contribution in [2.24, 2.45) is 0 Å². The van der Waals surface area contributed by atoms with Crippen LogP contribution in [0, 0.1) is 18.2 Å². The number of anilines is 1. The van der Waals surface area contributed by atoms with E-state index in [9.17, 15) is 9.18 Å². The van der Waals surface area contributed by atoms with Gasteiger partial charge < -0.3 is 5.32 Å². The second-order valence-corrected chi connectivity index (χ2v) is 6.17. The molecule has 1 amide bonds. The predicted molar refractivity (Wildman–Crippen MR) is 87.8 cm³/mol. The first kappa shape index (κ1) is 16.3. The summed E-state index contributed by atoms with van der Waals surface area (Å²) in [5, 5.41) is 2.64. The molecule has 6 heteroatoms. The number of carbonyl (C=O) groups is 1. The quantitative estimate of drug-likeness (QED) is 0.671. The number of thioether (sulfide) groups is 1. The fourth-order valence-corrected chi connectivity index (χ4v) is 2.72. The third-order valence-corrected chi connectivity index (χ3v) is 4.24. The number of halogens is 2. The van der Waals surface area contributed by atoms with Gasteiger partial charge in [-0.2, -0.15) is 0 Å². The van der Waals surface area contributed by atoms with Crippen LogP contribution in [0.15, 0.2) is 41.6 Å². The lowest BCUT2D eigenvalue weighted by Gasteiger charge is -2.11. The van der Waals surface area contributed by atoms with Crippen LogP contribution in [0.4, 0.5) is 10.1 Å². The average molecular weight is 335 g/mol. The van der Waals surface area contributed by atoms with Crippen molar-refractivity contribution in [1.29, 1.82) is 0 Å². The van der Waals surface area contributed by atoms with Crippen LogP contribution < -0.4 is 5.32 Å². The summed E-state index contributed by atoms with van der Waals surface area (Å²) >= 11 is 7.32. The van der Waals surface area contributed by atoms with Gasteiger partial charge in [-0.15, -0.1) is 18.2 Å². The van der Waals surface area contributed by atoms with Gasteiger partial charge in [-0.1, -0.05) is 17.5 Å². The van der Waals surface area contributed by atoms with E-state index in [-0.39, 0.29) is 16.0 Å². The van der Waals surface area contributed by atoms with Gasteiger partial charge in [0.05, 0.1) is 21.5 Å². The van der Waals surface area contributed by atoms with Gasteiger partial charge in [-0.05, 0) is 31.2 Å². The standard InChI is InChI=1S/C16H12ClFN2OS/c1-3-10(2)22-15-8-14(13(18)7-12(15)17)20-16(21)11-5-4-6-19-9-11/h1,4-10H,2H3,(H,20,21). The highest BCUT2D eigenvalue weighted by Gasteiger charge is 2.14. The monoisotopic (exact) mass is 334 g/mol. The molecule has 0 aliphatic carbocycles. The number of rotatable bonds is 4. The Hall–Kier alpha value is -2.03. The zero-order valence-corrected chi connectivity index (χ0v) is 13.2. The fourth-order valence-electron chi connectivity index (χ4n) is 1.63. The van der Waals surface area contributed by atoms with E-state index in [1.807, 2.05) is 6.92 Å². The molecule has 0 saturated heterocycles. The number of nitrogens with zero attached hydrogens (tertiary/aromatic N) is 1. The van der Waals surface area contributed by atoms with Gasteiger partial charge in [-0.3, -0.25) is 9.78 Å². The largest absolute Gasteiger partial charge is 0.319 e. The number of terminal acetylenes is 1. The molecule has 1 N–H and O–H groups in total. The van der Waals surface area contributed by atoms with E-state index in [0.29, 0.717) is 10.5 Å². The lowest BCUT2D eigenvalue weighted by molar-refractivity contribution is 0.102. The SMILES string of the molecule is C#CC(C)Sc1cc(NC(=O)c2cccnc2)c(F)cc1Cl. The lowest BCUT2D eigenvalue weighted by atomic mass is 10.2. The van der Waals surface area contributed by atoms with Crippen molar-refractivity contribution in [3.05, 3.63) is 53.1 Å². The Kier molecular flexibility index (Phi) is 5.42. The smallest absolute Gasteiger partial charge is 0.257 e. The molecule has 1 aromatic heterocycles. The summed E-state index contributed by atoms with van der Waals surface area (Å²) < 4.78 is 14.0. The molecule has 1 atom stereocenters. The van der Waals surface area contributed by atoms with Crippen LogP contribution in [0.5, 0.6) is 0 Å². The third kappa shape index (κ3) is 4.00. The summed E-state index contributed by atoms with van der Waals surface area (Å²) in [6.45, 7) is 1.83. The predicted octanol–water partition coefficient (Wildman–Crippen LogP) is 4.24. The van der Waals surface area contributed by atoms with Gasteiger partial charge in [0.1, 0.15) is 5.82 Å². The Balaban J connectivity index is 2.26. The summed E-state index contributed by atoms with van der Waals surface area (Å²) in [6.07, 6.45) is 8.28. The molecule has 0 aliphatic heterocycles. The van der Waals surface area contributed by atoms with Gasteiger partial charge >= 0.3 is 0 Å². The molecule has 1 heterocycles. The zero-order chi connectivity index (χ0) is 16.1. The maximum absolute atomic E-state index is 14.0. The molecule has 2 aromatic rings. The maximum atomic E-state index is 14.0. The molecule has 2 rings (SSSR count). The maximum Gasteiger partial charge on any atom is 0.257 e. The second-order valence-electron chi connectivity index (χ2n) is 4.39. The third-order valence-electron chi connectivity index (χ3n) is 2.73. The van der Waals surface area contributed by atoms with E-state index < -0.39 is 11.7 Å². The Morgan fingerprint density at radius 2 is 2.32 bits per heavy atom. The van der Waals surface area contributed by atoms with Crippen LogP contribution >= 0.6 is 23.4 Å². The lowest BCUT2D eigenvalue weighted by Crippen LogP contribution is -2.13. The summed E-state index contributed by atoms with van der Waals surface area (Å²) in [4.78, 5) is 16.5. The number of hydrogen-bond donors (Lipinski definition) is 1. The molecule has 0 spiro atoms. The van der Waals surface area contributed by atoms with Gasteiger partial charge in [0.15, 0.2) is 0 Å². The number of aromatic nitrogens is 1. The van der Waals surface area contributed by atoms with Gasteiger partial charge in [0, 0.05) is 17.3 Å². The van der Waals surface area contributed by atoms with Crippen molar-refractivity contribution in [1.82, 2.24) is 4.98 Å². The first-order valence-electron chi connectivity index (χ1n) is 6.34. The summed E-state index contributed by atoms with van der Waals surface area (Å²) in [7, 11) is 0. The van der Waals surface area contributed by atoms with Crippen molar-refractivity contribution in [3.63, 3.8) is 0 Å². The summed E-state index contributed by atoms with van der Waals surface area (Å²) in [5.41, 5.74) is 0.382. The highest BCUT2D eigenvalue weighted by Crippen LogP contribution is 2.34. The molecule has 0 aliphatic rings. The fraction of sp³-hybridized carbons (Fsp3) is 0.125. The highest BCUT2D eigenvalue weighted by atomic mass is 35.5. The van der Waals surface area contributed by atoms with Crippen molar-refractivity contribution >= 4 is 35.0 Å². The number of carbonyl (C=O) groups excluding carboxylic acids is 1. The van der Waals surface area contributed by atoms with E-state index in [2.05, 4.69) is 16.2 Å². The molecule has 1 unspecified atom stereocenters. The average Bonchev–Trinajstić information content (AvgIpc) is 2.52. The van der Waals surface area contributed by atoms with Crippen LogP contribution in [0.2, 0.25) is 5.02 Å². The van der Waals surface area contributed by atoms with Gasteiger partial charge in [0.25, 0.3) is 5.91 Å². The van der Waals surface area contributed by atoms with E-state index in [4.69, 9.17) is 18.0 Å². The molecule has 3 nitrogen and oxygen atoms in total. The van der Waals surface area contributed by atoms with E-state index in [1.54, 1.807) is 18.3 Å². The topological polar surface area (TPSA) is 42.0 Å². The van der Waals surface area contributed by atoms with Crippen molar-refractivity contribution in [3.8, 4) is 12.3 Å². The second kappa shape index (κ2) is 7.30. The van der Waals surface area contributed by atoms with Crippen molar-refractivity contribution < 1.29 is 9.18 Å². The minimum Gasteiger partial charge on any atom is -0.319 e. The Bertz CT molecular complexity index is 731.